The molecule has 1 aromatic heterocycles. The molecule has 1 N–H and O–H groups in total. The number of aryl methyl sites for hydroxylation is 1. The predicted molar refractivity (Wildman–Crippen MR) is 57.9 cm³/mol. The Hall–Kier alpha value is -1.32. The van der Waals surface area contributed by atoms with Gasteiger partial charge in [-0.1, -0.05) is 0 Å². The van der Waals surface area contributed by atoms with E-state index in [4.69, 9.17) is 5.11 Å². The van der Waals surface area contributed by atoms with Crippen molar-refractivity contribution in [3.63, 3.8) is 0 Å². The van der Waals surface area contributed by atoms with Crippen molar-refractivity contribution in [3.05, 3.63) is 17.0 Å². The van der Waals surface area contributed by atoms with Crippen LogP contribution in [0.25, 0.3) is 0 Å². The van der Waals surface area contributed by atoms with E-state index in [1.54, 1.807) is 6.92 Å². The Bertz CT molecular complexity index is 382. The molecule has 0 fully saturated rings. The molecule has 84 valence electrons. The molecule has 0 bridgehead atoms. The minimum absolute atomic E-state index is 0.116. The molecule has 0 aliphatic heterocycles. The summed E-state index contributed by atoms with van der Waals surface area (Å²) < 4.78 is 1.81. The molecule has 0 saturated heterocycles. The normalized spacial score (nSPS) is 15.0. The van der Waals surface area contributed by atoms with Gasteiger partial charge >= 0.3 is 5.97 Å². The summed E-state index contributed by atoms with van der Waals surface area (Å²) in [7, 11) is 0. The van der Waals surface area contributed by atoms with Gasteiger partial charge in [0.05, 0.1) is 17.7 Å². The summed E-state index contributed by atoms with van der Waals surface area (Å²) in [6.45, 7) is 9.51. The van der Waals surface area contributed by atoms with Gasteiger partial charge in [0.25, 0.3) is 0 Å². The van der Waals surface area contributed by atoms with Crippen molar-refractivity contribution in [2.45, 2.75) is 40.7 Å². The summed E-state index contributed by atoms with van der Waals surface area (Å²) in [5, 5.41) is 13.3. The predicted octanol–water partition coefficient (Wildman–Crippen LogP) is 2.09. The van der Waals surface area contributed by atoms with E-state index in [9.17, 15) is 4.79 Å². The summed E-state index contributed by atoms with van der Waals surface area (Å²) in [4.78, 5) is 10.9. The van der Waals surface area contributed by atoms with Crippen LogP contribution in [0.5, 0.6) is 0 Å². The monoisotopic (exact) mass is 210 g/mol. The molecule has 2 unspecified atom stereocenters. The molecule has 0 aromatic carbocycles. The number of hydrogen-bond donors (Lipinski definition) is 1. The minimum Gasteiger partial charge on any atom is -0.481 e. The molecule has 1 rings (SSSR count). The lowest BCUT2D eigenvalue weighted by molar-refractivity contribution is -0.142. The third kappa shape index (κ3) is 2.03. The first-order valence-corrected chi connectivity index (χ1v) is 5.11. The van der Waals surface area contributed by atoms with Crippen LogP contribution in [-0.4, -0.2) is 20.9 Å². The van der Waals surface area contributed by atoms with E-state index in [1.807, 2.05) is 32.4 Å². The highest BCUT2D eigenvalue weighted by molar-refractivity contribution is 5.70. The second-order valence-electron chi connectivity index (χ2n) is 4.11. The summed E-state index contributed by atoms with van der Waals surface area (Å²) >= 11 is 0. The van der Waals surface area contributed by atoms with Crippen LogP contribution in [0.3, 0.4) is 0 Å². The van der Waals surface area contributed by atoms with Crippen LogP contribution in [0.4, 0.5) is 0 Å². The molecule has 1 heterocycles. The van der Waals surface area contributed by atoms with Gasteiger partial charge in [-0.15, -0.1) is 0 Å². The average molecular weight is 210 g/mol. The van der Waals surface area contributed by atoms with Crippen LogP contribution in [-0.2, 0) is 4.79 Å². The molecule has 0 aliphatic rings. The minimum atomic E-state index is -0.785. The van der Waals surface area contributed by atoms with Gasteiger partial charge in [0.1, 0.15) is 0 Å². The zero-order valence-corrected chi connectivity index (χ0v) is 9.90. The number of carbonyl (C=O) groups is 1. The van der Waals surface area contributed by atoms with E-state index in [0.717, 1.165) is 17.0 Å². The molecule has 0 saturated carbocycles. The standard InChI is InChI=1S/C11H18N2O2/c1-6-8(3)12-13(9(6)4)10(5)7(2)11(14)15/h7,10H,1-5H3,(H,14,15). The molecular formula is C11H18N2O2. The topological polar surface area (TPSA) is 55.1 Å². The maximum Gasteiger partial charge on any atom is 0.308 e. The number of aliphatic carboxylic acids is 1. The third-order valence-corrected chi connectivity index (χ3v) is 3.19. The lowest BCUT2D eigenvalue weighted by atomic mass is 10.0. The van der Waals surface area contributed by atoms with E-state index in [2.05, 4.69) is 5.10 Å². The van der Waals surface area contributed by atoms with E-state index < -0.39 is 11.9 Å². The van der Waals surface area contributed by atoms with Crippen molar-refractivity contribution in [2.24, 2.45) is 5.92 Å². The molecular weight excluding hydrogens is 192 g/mol. The Morgan fingerprint density at radius 1 is 1.33 bits per heavy atom. The van der Waals surface area contributed by atoms with Gasteiger partial charge < -0.3 is 5.11 Å². The molecule has 0 radical (unpaired) electrons. The number of hydrogen-bond acceptors (Lipinski definition) is 2. The van der Waals surface area contributed by atoms with Gasteiger partial charge in [0, 0.05) is 5.69 Å². The highest BCUT2D eigenvalue weighted by Gasteiger charge is 2.23. The molecule has 0 aliphatic carbocycles. The van der Waals surface area contributed by atoms with E-state index in [-0.39, 0.29) is 6.04 Å². The molecule has 0 spiro atoms. The highest BCUT2D eigenvalue weighted by Crippen LogP contribution is 2.22. The second-order valence-corrected chi connectivity index (χ2v) is 4.11. The van der Waals surface area contributed by atoms with Crippen molar-refractivity contribution >= 4 is 5.97 Å². The molecule has 1 aromatic rings. The Balaban J connectivity index is 3.06. The SMILES string of the molecule is Cc1nn(C(C)C(C)C(=O)O)c(C)c1C. The smallest absolute Gasteiger partial charge is 0.308 e. The van der Waals surface area contributed by atoms with Crippen LogP contribution < -0.4 is 0 Å². The third-order valence-electron chi connectivity index (χ3n) is 3.19. The molecule has 4 heteroatoms. The second kappa shape index (κ2) is 4.04. The van der Waals surface area contributed by atoms with Crippen molar-refractivity contribution in [3.8, 4) is 0 Å². The molecule has 0 amide bonds. The first-order chi connectivity index (χ1) is 6.86. The zero-order chi connectivity index (χ0) is 11.7. The number of rotatable bonds is 3. The van der Waals surface area contributed by atoms with Gasteiger partial charge in [-0.3, -0.25) is 9.48 Å². The summed E-state index contributed by atoms with van der Waals surface area (Å²) in [5.41, 5.74) is 3.16. The number of carboxylic acid groups (broad SMARTS) is 1. The Kier molecular flexibility index (Phi) is 3.17. The largest absolute Gasteiger partial charge is 0.481 e. The fraction of sp³-hybridized carbons (Fsp3) is 0.636. The van der Waals surface area contributed by atoms with Gasteiger partial charge in [0.2, 0.25) is 0 Å². The van der Waals surface area contributed by atoms with Crippen LogP contribution in [0.2, 0.25) is 0 Å². The van der Waals surface area contributed by atoms with Crippen LogP contribution in [0.15, 0.2) is 0 Å². The summed E-state index contributed by atoms with van der Waals surface area (Å²) in [6, 6.07) is -0.116. The van der Waals surface area contributed by atoms with Gasteiger partial charge in [-0.2, -0.15) is 5.10 Å². The molecule has 15 heavy (non-hydrogen) atoms. The summed E-state index contributed by atoms with van der Waals surface area (Å²) in [6.07, 6.45) is 0. The van der Waals surface area contributed by atoms with Crippen LogP contribution >= 0.6 is 0 Å². The van der Waals surface area contributed by atoms with Crippen LogP contribution in [0, 0.1) is 26.7 Å². The maximum absolute atomic E-state index is 10.9. The number of aromatic nitrogens is 2. The quantitative estimate of drug-likeness (QED) is 0.831. The van der Waals surface area contributed by atoms with Gasteiger partial charge in [-0.05, 0) is 40.2 Å². The van der Waals surface area contributed by atoms with Crippen molar-refractivity contribution < 1.29 is 9.90 Å². The summed E-state index contributed by atoms with van der Waals surface area (Å²) in [5.74, 6) is -1.21. The Morgan fingerprint density at radius 3 is 2.20 bits per heavy atom. The fourth-order valence-corrected chi connectivity index (χ4v) is 1.56. The Morgan fingerprint density at radius 2 is 1.87 bits per heavy atom. The van der Waals surface area contributed by atoms with Gasteiger partial charge in [-0.25, -0.2) is 0 Å². The number of nitrogens with zero attached hydrogens (tertiary/aromatic N) is 2. The number of carboxylic acids is 1. The molecule has 4 nitrogen and oxygen atoms in total. The lowest BCUT2D eigenvalue weighted by Crippen LogP contribution is -2.23. The lowest BCUT2D eigenvalue weighted by Gasteiger charge is -2.18. The first kappa shape index (κ1) is 11.8. The fourth-order valence-electron chi connectivity index (χ4n) is 1.56. The van der Waals surface area contributed by atoms with E-state index >= 15 is 0 Å². The molecule has 2 atom stereocenters. The average Bonchev–Trinajstić information content (AvgIpc) is 2.43. The van der Waals surface area contributed by atoms with E-state index in [0.29, 0.717) is 0 Å². The van der Waals surface area contributed by atoms with Crippen LogP contribution in [0.1, 0.15) is 36.8 Å². The highest BCUT2D eigenvalue weighted by atomic mass is 16.4. The van der Waals surface area contributed by atoms with Crippen molar-refractivity contribution in [2.75, 3.05) is 0 Å². The van der Waals surface area contributed by atoms with Crippen molar-refractivity contribution in [1.82, 2.24) is 9.78 Å². The van der Waals surface area contributed by atoms with E-state index in [1.165, 1.54) is 0 Å². The maximum atomic E-state index is 10.9. The van der Waals surface area contributed by atoms with Crippen molar-refractivity contribution in [1.29, 1.82) is 0 Å². The van der Waals surface area contributed by atoms with Gasteiger partial charge in [0.15, 0.2) is 0 Å². The Labute approximate surface area is 89.9 Å². The first-order valence-electron chi connectivity index (χ1n) is 5.11. The zero-order valence-electron chi connectivity index (χ0n) is 9.90.